The number of hydrogen-bond donors (Lipinski definition) is 1. The van der Waals surface area contributed by atoms with Gasteiger partial charge in [-0.05, 0) is 31.0 Å². The van der Waals surface area contributed by atoms with Crippen LogP contribution in [-0.4, -0.2) is 23.4 Å². The van der Waals surface area contributed by atoms with Gasteiger partial charge in [0, 0.05) is 34.9 Å². The van der Waals surface area contributed by atoms with Crippen molar-refractivity contribution in [2.24, 2.45) is 0 Å². The van der Waals surface area contributed by atoms with Crippen LogP contribution in [0.3, 0.4) is 0 Å². The molecular formula is C19H18N2O. The standard InChI is InChI=1S/C19H18N2O/c1-13(21-11-10-14-6-2-5-9-18(14)21)19(22)16-12-20-17-8-4-3-7-15(16)17/h2-9,12-13,20H,10-11H2,1H3/t13-/m1/s1. The zero-order chi connectivity index (χ0) is 15.1. The van der Waals surface area contributed by atoms with Gasteiger partial charge in [0.2, 0.25) is 0 Å². The third-order valence-electron chi connectivity index (χ3n) is 4.62. The molecule has 0 unspecified atom stereocenters. The summed E-state index contributed by atoms with van der Waals surface area (Å²) in [5.74, 6) is 0.175. The third-order valence-corrected chi connectivity index (χ3v) is 4.62. The lowest BCUT2D eigenvalue weighted by molar-refractivity contribution is 0.0966. The zero-order valence-corrected chi connectivity index (χ0v) is 12.5. The monoisotopic (exact) mass is 290 g/mol. The number of nitrogens with one attached hydrogen (secondary N) is 1. The maximum Gasteiger partial charge on any atom is 0.187 e. The van der Waals surface area contributed by atoms with Crippen LogP contribution in [0.25, 0.3) is 10.9 Å². The van der Waals surface area contributed by atoms with Crippen molar-refractivity contribution in [1.29, 1.82) is 0 Å². The van der Waals surface area contributed by atoms with E-state index in [1.807, 2.05) is 43.5 Å². The molecule has 0 fully saturated rings. The summed E-state index contributed by atoms with van der Waals surface area (Å²) < 4.78 is 0. The lowest BCUT2D eigenvalue weighted by Gasteiger charge is -2.26. The minimum Gasteiger partial charge on any atom is -0.361 e. The Balaban J connectivity index is 1.69. The van der Waals surface area contributed by atoms with E-state index < -0.39 is 0 Å². The molecule has 1 aliphatic rings. The zero-order valence-electron chi connectivity index (χ0n) is 12.5. The van der Waals surface area contributed by atoms with Crippen molar-refractivity contribution in [3.05, 3.63) is 65.9 Å². The van der Waals surface area contributed by atoms with Crippen molar-refractivity contribution in [3.63, 3.8) is 0 Å². The normalized spacial score (nSPS) is 15.0. The lowest BCUT2D eigenvalue weighted by Crippen LogP contribution is -2.37. The van der Waals surface area contributed by atoms with Crippen LogP contribution in [0.2, 0.25) is 0 Å². The molecule has 0 amide bonds. The number of aromatic amines is 1. The van der Waals surface area contributed by atoms with E-state index in [0.717, 1.165) is 29.4 Å². The van der Waals surface area contributed by atoms with Gasteiger partial charge in [0.15, 0.2) is 5.78 Å². The summed E-state index contributed by atoms with van der Waals surface area (Å²) >= 11 is 0. The fourth-order valence-corrected chi connectivity index (χ4v) is 3.41. The Morgan fingerprint density at radius 1 is 1.14 bits per heavy atom. The highest BCUT2D eigenvalue weighted by Crippen LogP contribution is 2.31. The molecule has 1 N–H and O–H groups in total. The van der Waals surface area contributed by atoms with E-state index in [-0.39, 0.29) is 11.8 Å². The summed E-state index contributed by atoms with van der Waals surface area (Å²) in [7, 11) is 0. The van der Waals surface area contributed by atoms with Gasteiger partial charge in [-0.1, -0.05) is 36.4 Å². The number of anilines is 1. The van der Waals surface area contributed by atoms with Gasteiger partial charge in [-0.2, -0.15) is 0 Å². The molecule has 0 spiro atoms. The smallest absolute Gasteiger partial charge is 0.187 e. The second-order valence-electron chi connectivity index (χ2n) is 5.86. The average molecular weight is 290 g/mol. The molecule has 110 valence electrons. The molecule has 1 atom stereocenters. The third kappa shape index (κ3) is 1.93. The summed E-state index contributed by atoms with van der Waals surface area (Å²) in [5, 5.41) is 1.01. The number of carbonyl (C=O) groups is 1. The number of rotatable bonds is 3. The van der Waals surface area contributed by atoms with E-state index in [0.29, 0.717) is 0 Å². The van der Waals surface area contributed by atoms with Crippen LogP contribution in [0.1, 0.15) is 22.8 Å². The maximum atomic E-state index is 13.0. The topological polar surface area (TPSA) is 36.1 Å². The Labute approximate surface area is 129 Å². The molecule has 2 heterocycles. The summed E-state index contributed by atoms with van der Waals surface area (Å²) in [6.45, 7) is 2.92. The van der Waals surface area contributed by atoms with E-state index in [1.54, 1.807) is 0 Å². The van der Waals surface area contributed by atoms with E-state index in [4.69, 9.17) is 0 Å². The molecule has 0 saturated heterocycles. The van der Waals surface area contributed by atoms with Crippen LogP contribution in [0, 0.1) is 0 Å². The minimum absolute atomic E-state index is 0.150. The van der Waals surface area contributed by atoms with Crippen molar-refractivity contribution in [3.8, 4) is 0 Å². The first-order chi connectivity index (χ1) is 10.8. The molecule has 1 aliphatic heterocycles. The molecule has 0 bridgehead atoms. The van der Waals surface area contributed by atoms with E-state index in [1.165, 1.54) is 11.3 Å². The number of ketones is 1. The highest BCUT2D eigenvalue weighted by atomic mass is 16.1. The van der Waals surface area contributed by atoms with Gasteiger partial charge < -0.3 is 9.88 Å². The van der Waals surface area contributed by atoms with Gasteiger partial charge >= 0.3 is 0 Å². The molecule has 4 rings (SSSR count). The number of Topliss-reactive ketones (excluding diaryl/α,β-unsaturated/α-hetero) is 1. The first kappa shape index (κ1) is 13.1. The van der Waals surface area contributed by atoms with Crippen LogP contribution < -0.4 is 4.90 Å². The number of fused-ring (bicyclic) bond motifs is 2. The summed E-state index contributed by atoms with van der Waals surface area (Å²) in [6.07, 6.45) is 2.85. The number of nitrogens with zero attached hydrogens (tertiary/aromatic N) is 1. The minimum atomic E-state index is -0.150. The summed E-state index contributed by atoms with van der Waals surface area (Å²) in [4.78, 5) is 18.4. The number of hydrogen-bond acceptors (Lipinski definition) is 2. The molecule has 3 heteroatoms. The molecular weight excluding hydrogens is 272 g/mol. The van der Waals surface area contributed by atoms with Crippen LogP contribution in [0.5, 0.6) is 0 Å². The fraction of sp³-hybridized carbons (Fsp3) is 0.211. The van der Waals surface area contributed by atoms with Gasteiger partial charge in [0.05, 0.1) is 6.04 Å². The van der Waals surface area contributed by atoms with E-state index >= 15 is 0 Å². The fourth-order valence-electron chi connectivity index (χ4n) is 3.41. The second-order valence-corrected chi connectivity index (χ2v) is 5.86. The number of H-pyrrole nitrogens is 1. The summed E-state index contributed by atoms with van der Waals surface area (Å²) in [5.41, 5.74) is 4.33. The van der Waals surface area contributed by atoms with Gasteiger partial charge in [0.1, 0.15) is 0 Å². The second kappa shape index (κ2) is 5.02. The van der Waals surface area contributed by atoms with E-state index in [9.17, 15) is 4.79 Å². The maximum absolute atomic E-state index is 13.0. The first-order valence-corrected chi connectivity index (χ1v) is 7.70. The van der Waals surface area contributed by atoms with Gasteiger partial charge in [-0.25, -0.2) is 0 Å². The Morgan fingerprint density at radius 2 is 1.91 bits per heavy atom. The molecule has 0 aliphatic carbocycles. The Morgan fingerprint density at radius 3 is 2.82 bits per heavy atom. The first-order valence-electron chi connectivity index (χ1n) is 7.70. The van der Waals surface area contributed by atoms with Crippen molar-refractivity contribution in [2.75, 3.05) is 11.4 Å². The predicted molar refractivity (Wildman–Crippen MR) is 89.6 cm³/mol. The van der Waals surface area contributed by atoms with Crippen molar-refractivity contribution >= 4 is 22.4 Å². The number of benzene rings is 2. The Bertz CT molecular complexity index is 849. The lowest BCUT2D eigenvalue weighted by atomic mass is 10.0. The van der Waals surface area contributed by atoms with Crippen LogP contribution in [-0.2, 0) is 6.42 Å². The van der Waals surface area contributed by atoms with Gasteiger partial charge in [-0.15, -0.1) is 0 Å². The van der Waals surface area contributed by atoms with Crippen molar-refractivity contribution < 1.29 is 4.79 Å². The highest BCUT2D eigenvalue weighted by molar-refractivity contribution is 6.11. The molecule has 3 aromatic rings. The Kier molecular flexibility index (Phi) is 3.00. The number of para-hydroxylation sites is 2. The van der Waals surface area contributed by atoms with Crippen molar-refractivity contribution in [1.82, 2.24) is 4.98 Å². The van der Waals surface area contributed by atoms with Crippen LogP contribution in [0.15, 0.2) is 54.7 Å². The molecule has 0 radical (unpaired) electrons. The van der Waals surface area contributed by atoms with E-state index in [2.05, 4.69) is 28.1 Å². The van der Waals surface area contributed by atoms with Crippen molar-refractivity contribution in [2.45, 2.75) is 19.4 Å². The Hall–Kier alpha value is -2.55. The quantitative estimate of drug-likeness (QED) is 0.745. The number of aromatic nitrogens is 1. The predicted octanol–water partition coefficient (Wildman–Crippen LogP) is 3.80. The van der Waals surface area contributed by atoms with Crippen LogP contribution in [0.4, 0.5) is 5.69 Å². The molecule has 2 aromatic carbocycles. The SMILES string of the molecule is C[C@H](C(=O)c1c[nH]c2ccccc12)N1CCc2ccccc21. The molecule has 0 saturated carbocycles. The van der Waals surface area contributed by atoms with Gasteiger partial charge in [-0.3, -0.25) is 4.79 Å². The largest absolute Gasteiger partial charge is 0.361 e. The number of carbonyl (C=O) groups excluding carboxylic acids is 1. The van der Waals surface area contributed by atoms with Crippen LogP contribution >= 0.6 is 0 Å². The highest BCUT2D eigenvalue weighted by Gasteiger charge is 2.29. The van der Waals surface area contributed by atoms with Gasteiger partial charge in [0.25, 0.3) is 0 Å². The average Bonchev–Trinajstić information content (AvgIpc) is 3.17. The molecule has 22 heavy (non-hydrogen) atoms. The molecule has 3 nitrogen and oxygen atoms in total. The summed E-state index contributed by atoms with van der Waals surface area (Å²) in [6, 6.07) is 16.2. The molecule has 1 aromatic heterocycles.